The van der Waals surface area contributed by atoms with Gasteiger partial charge in [-0.2, -0.15) is 0 Å². The Hall–Kier alpha value is -4.27. The molecule has 4 rings (SSSR count). The topological polar surface area (TPSA) is 108 Å². The first kappa shape index (κ1) is 21.0. The van der Waals surface area contributed by atoms with Gasteiger partial charge in [0.2, 0.25) is 5.91 Å². The summed E-state index contributed by atoms with van der Waals surface area (Å²) in [7, 11) is 1.60. The normalized spacial score (nSPS) is 10.8. The van der Waals surface area contributed by atoms with Crippen molar-refractivity contribution in [1.82, 2.24) is 19.2 Å². The minimum atomic E-state index is -0.459. The highest BCUT2D eigenvalue weighted by atomic mass is 16.5. The van der Waals surface area contributed by atoms with E-state index in [1.165, 1.54) is 11.3 Å². The summed E-state index contributed by atoms with van der Waals surface area (Å²) in [6, 6.07) is 15.7. The maximum absolute atomic E-state index is 12.8. The van der Waals surface area contributed by atoms with Gasteiger partial charge in [0, 0.05) is 22.9 Å². The molecule has 2 aromatic heterocycles. The van der Waals surface area contributed by atoms with Crippen molar-refractivity contribution < 1.29 is 14.3 Å². The highest BCUT2D eigenvalue weighted by Crippen LogP contribution is 2.21. The molecule has 0 atom stereocenters. The maximum atomic E-state index is 12.8. The van der Waals surface area contributed by atoms with Crippen LogP contribution >= 0.6 is 0 Å². The quantitative estimate of drug-likeness (QED) is 0.471. The zero-order valence-electron chi connectivity index (χ0n) is 17.8. The van der Waals surface area contributed by atoms with E-state index in [0.29, 0.717) is 28.4 Å². The highest BCUT2D eigenvalue weighted by molar-refractivity contribution is 5.97. The predicted octanol–water partition coefficient (Wildman–Crippen LogP) is 2.72. The van der Waals surface area contributed by atoms with E-state index in [2.05, 4.69) is 15.4 Å². The summed E-state index contributed by atoms with van der Waals surface area (Å²) in [5.41, 5.74) is 2.39. The maximum Gasteiger partial charge on any atom is 0.352 e. The molecule has 9 heteroatoms. The average molecular weight is 431 g/mol. The van der Waals surface area contributed by atoms with Gasteiger partial charge in [0.15, 0.2) is 11.4 Å². The van der Waals surface area contributed by atoms with E-state index in [-0.39, 0.29) is 12.3 Å². The molecule has 2 aromatic carbocycles. The molecule has 0 radical (unpaired) electrons. The predicted molar refractivity (Wildman–Crippen MR) is 119 cm³/mol. The zero-order valence-corrected chi connectivity index (χ0v) is 17.8. The summed E-state index contributed by atoms with van der Waals surface area (Å²) in [6.45, 7) is 2.89. The molecule has 1 amide bonds. The number of carbonyl (C=O) groups is 2. The van der Waals surface area contributed by atoms with Gasteiger partial charge in [-0.1, -0.05) is 12.1 Å². The van der Waals surface area contributed by atoms with Crippen molar-refractivity contribution in [3.05, 3.63) is 76.5 Å². The molecular weight excluding hydrogens is 410 g/mol. The molecule has 2 heterocycles. The van der Waals surface area contributed by atoms with Crippen molar-refractivity contribution in [3.8, 4) is 17.0 Å². The Morgan fingerprint density at radius 1 is 1.09 bits per heavy atom. The molecule has 0 aliphatic heterocycles. The minimum absolute atomic E-state index is 0.103. The molecule has 0 saturated carbocycles. The first-order valence-corrected chi connectivity index (χ1v) is 9.88. The van der Waals surface area contributed by atoms with Crippen LogP contribution in [0.15, 0.2) is 59.4 Å². The second-order valence-corrected chi connectivity index (χ2v) is 7.24. The van der Waals surface area contributed by atoms with Gasteiger partial charge in [0.25, 0.3) is 0 Å². The number of aromatic nitrogens is 4. The van der Waals surface area contributed by atoms with Crippen LogP contribution < -0.4 is 15.7 Å². The Bertz CT molecular complexity index is 1390. The first-order valence-electron chi connectivity index (χ1n) is 9.88. The lowest BCUT2D eigenvalue weighted by atomic mass is 10.1. The van der Waals surface area contributed by atoms with Gasteiger partial charge in [-0.05, 0) is 50.2 Å². The molecule has 0 unspecified atom stereocenters. The van der Waals surface area contributed by atoms with Gasteiger partial charge < -0.3 is 10.1 Å². The minimum Gasteiger partial charge on any atom is -0.497 e. The van der Waals surface area contributed by atoms with E-state index in [0.717, 1.165) is 16.0 Å². The van der Waals surface area contributed by atoms with E-state index in [1.54, 1.807) is 44.4 Å². The van der Waals surface area contributed by atoms with Crippen molar-refractivity contribution in [2.45, 2.75) is 20.4 Å². The lowest BCUT2D eigenvalue weighted by Gasteiger charge is -2.05. The van der Waals surface area contributed by atoms with Gasteiger partial charge in [0.05, 0.1) is 12.8 Å². The van der Waals surface area contributed by atoms with Crippen LogP contribution in [0.2, 0.25) is 0 Å². The molecule has 0 bridgehead atoms. The number of nitrogens with zero attached hydrogens (tertiary/aromatic N) is 4. The third-order valence-electron chi connectivity index (χ3n) is 4.97. The molecule has 4 aromatic rings. The number of carbonyl (C=O) groups excluding carboxylic acids is 2. The summed E-state index contributed by atoms with van der Waals surface area (Å²) >= 11 is 0. The number of hydrogen-bond donors (Lipinski definition) is 1. The molecule has 0 saturated heterocycles. The standard InChI is InChI=1S/C23H21N5O4/c1-14(29)17-5-4-6-18(11-17)25-22(30)13-27-23(31)28-15(2)24-20(12-21(28)26-27)16-7-9-19(32-3)10-8-16/h4-12H,13H2,1-3H3,(H,25,30). The fraction of sp³-hybridized carbons (Fsp3) is 0.174. The van der Waals surface area contributed by atoms with Gasteiger partial charge in [-0.25, -0.2) is 18.9 Å². The SMILES string of the molecule is COc1ccc(-c2cc3nn(CC(=O)Nc4cccc(C(C)=O)c4)c(=O)n3c(C)n2)cc1. The Kier molecular flexibility index (Phi) is 5.55. The third-order valence-corrected chi connectivity index (χ3v) is 4.97. The second kappa shape index (κ2) is 8.46. The third kappa shape index (κ3) is 4.13. The lowest BCUT2D eigenvalue weighted by molar-refractivity contribution is -0.117. The largest absolute Gasteiger partial charge is 0.497 e. The molecule has 9 nitrogen and oxygen atoms in total. The molecular formula is C23H21N5O4. The zero-order chi connectivity index (χ0) is 22.8. The number of ether oxygens (including phenoxy) is 1. The van der Waals surface area contributed by atoms with Gasteiger partial charge >= 0.3 is 5.69 Å². The van der Waals surface area contributed by atoms with Crippen molar-refractivity contribution in [2.75, 3.05) is 12.4 Å². The second-order valence-electron chi connectivity index (χ2n) is 7.24. The number of nitrogens with one attached hydrogen (secondary N) is 1. The van der Waals surface area contributed by atoms with E-state index < -0.39 is 11.6 Å². The van der Waals surface area contributed by atoms with Crippen LogP contribution in [0.25, 0.3) is 16.9 Å². The van der Waals surface area contributed by atoms with Crippen LogP contribution in [0.1, 0.15) is 23.1 Å². The number of fused-ring (bicyclic) bond motifs is 1. The molecule has 162 valence electrons. The fourth-order valence-corrected chi connectivity index (χ4v) is 3.37. The number of hydrogen-bond acceptors (Lipinski definition) is 6. The fourth-order valence-electron chi connectivity index (χ4n) is 3.37. The van der Waals surface area contributed by atoms with E-state index in [1.807, 2.05) is 24.3 Å². The highest BCUT2D eigenvalue weighted by Gasteiger charge is 2.15. The number of Topliss-reactive ketones (excluding diaryl/α,β-unsaturated/α-hetero) is 1. The Morgan fingerprint density at radius 2 is 1.84 bits per heavy atom. The number of anilines is 1. The van der Waals surface area contributed by atoms with Crippen molar-refractivity contribution in [2.24, 2.45) is 0 Å². The Morgan fingerprint density at radius 3 is 2.53 bits per heavy atom. The average Bonchev–Trinajstić information content (AvgIpc) is 3.09. The molecule has 1 N–H and O–H groups in total. The number of benzene rings is 2. The Labute approximate surface area is 183 Å². The first-order chi connectivity index (χ1) is 15.4. The molecule has 0 fully saturated rings. The van der Waals surface area contributed by atoms with Crippen LogP contribution in [-0.2, 0) is 11.3 Å². The van der Waals surface area contributed by atoms with Crippen molar-refractivity contribution >= 4 is 23.0 Å². The van der Waals surface area contributed by atoms with Crippen LogP contribution in [0, 0.1) is 6.92 Å². The molecule has 32 heavy (non-hydrogen) atoms. The number of methoxy groups -OCH3 is 1. The lowest BCUT2D eigenvalue weighted by Crippen LogP contribution is -2.29. The Balaban J connectivity index is 1.60. The number of ketones is 1. The van der Waals surface area contributed by atoms with Crippen molar-refractivity contribution in [1.29, 1.82) is 0 Å². The van der Waals surface area contributed by atoms with Crippen LogP contribution in [-0.4, -0.2) is 38.0 Å². The van der Waals surface area contributed by atoms with E-state index >= 15 is 0 Å². The van der Waals surface area contributed by atoms with Crippen LogP contribution in [0.4, 0.5) is 5.69 Å². The van der Waals surface area contributed by atoms with Crippen LogP contribution in [0.3, 0.4) is 0 Å². The van der Waals surface area contributed by atoms with E-state index in [9.17, 15) is 14.4 Å². The summed E-state index contributed by atoms with van der Waals surface area (Å²) in [6.07, 6.45) is 0. The number of amides is 1. The van der Waals surface area contributed by atoms with E-state index in [4.69, 9.17) is 4.74 Å². The van der Waals surface area contributed by atoms with Crippen molar-refractivity contribution in [3.63, 3.8) is 0 Å². The molecule has 0 spiro atoms. The summed E-state index contributed by atoms with van der Waals surface area (Å²) in [5.74, 6) is 0.650. The summed E-state index contributed by atoms with van der Waals surface area (Å²) < 4.78 is 7.63. The van der Waals surface area contributed by atoms with Gasteiger partial charge in [0.1, 0.15) is 18.1 Å². The summed E-state index contributed by atoms with van der Waals surface area (Å²) in [5, 5.41) is 7.00. The monoisotopic (exact) mass is 431 g/mol. The molecule has 0 aliphatic carbocycles. The number of aryl methyl sites for hydroxylation is 1. The molecule has 0 aliphatic rings. The number of rotatable bonds is 6. The smallest absolute Gasteiger partial charge is 0.352 e. The van der Waals surface area contributed by atoms with Gasteiger partial charge in [-0.3, -0.25) is 9.59 Å². The summed E-state index contributed by atoms with van der Waals surface area (Å²) in [4.78, 5) is 41.3. The van der Waals surface area contributed by atoms with Gasteiger partial charge in [-0.15, -0.1) is 5.10 Å². The van der Waals surface area contributed by atoms with Crippen LogP contribution in [0.5, 0.6) is 5.75 Å².